The minimum atomic E-state index is -1.37. The van der Waals surface area contributed by atoms with Gasteiger partial charge >= 0.3 is 11.9 Å². The number of hydrogen-bond acceptors (Lipinski definition) is 3. The zero-order valence-electron chi connectivity index (χ0n) is 9.56. The van der Waals surface area contributed by atoms with Crippen molar-refractivity contribution in [3.8, 4) is 0 Å². The topological polar surface area (TPSA) is 104 Å². The largest absolute Gasteiger partial charge is 0.481 e. The Morgan fingerprint density at radius 1 is 1.12 bits per heavy atom. The molecule has 0 bridgehead atoms. The van der Waals surface area contributed by atoms with E-state index in [0.717, 1.165) is 0 Å². The fraction of sp³-hybridized carbons (Fsp3) is 0.700. The van der Waals surface area contributed by atoms with Gasteiger partial charge in [0.1, 0.15) is 6.04 Å². The summed E-state index contributed by atoms with van der Waals surface area (Å²) in [5.41, 5.74) is 0. The molecule has 0 aliphatic heterocycles. The van der Waals surface area contributed by atoms with Gasteiger partial charge in [-0.25, -0.2) is 4.79 Å². The molecule has 0 radical (unpaired) electrons. The summed E-state index contributed by atoms with van der Waals surface area (Å²) in [6.07, 6.45) is -0.619. The van der Waals surface area contributed by atoms with Crippen LogP contribution in [0.1, 0.15) is 27.2 Å². The molecule has 0 aliphatic carbocycles. The lowest BCUT2D eigenvalue weighted by Crippen LogP contribution is -2.45. The van der Waals surface area contributed by atoms with Crippen molar-refractivity contribution in [2.75, 3.05) is 0 Å². The second kappa shape index (κ2) is 6.09. The number of carboxylic acids is 2. The number of hydrogen-bond donors (Lipinski definition) is 3. The van der Waals surface area contributed by atoms with Crippen molar-refractivity contribution in [2.24, 2.45) is 11.8 Å². The highest BCUT2D eigenvalue weighted by atomic mass is 16.4. The van der Waals surface area contributed by atoms with Gasteiger partial charge in [0.2, 0.25) is 5.91 Å². The first-order chi connectivity index (χ1) is 7.25. The Labute approximate surface area is 93.6 Å². The molecule has 1 amide bonds. The van der Waals surface area contributed by atoms with Crippen LogP contribution in [-0.2, 0) is 14.4 Å². The Kier molecular flexibility index (Phi) is 5.49. The molecule has 3 N–H and O–H groups in total. The van der Waals surface area contributed by atoms with E-state index in [0.29, 0.717) is 0 Å². The van der Waals surface area contributed by atoms with Gasteiger partial charge in [0.25, 0.3) is 0 Å². The fourth-order valence-corrected chi connectivity index (χ4v) is 0.981. The second-order valence-electron chi connectivity index (χ2n) is 4.03. The van der Waals surface area contributed by atoms with E-state index in [1.165, 1.54) is 0 Å². The van der Waals surface area contributed by atoms with E-state index in [1.54, 1.807) is 6.92 Å². The SMILES string of the molecule is CC(C)C(C)C(=O)NC(CC(=O)O)C(=O)O. The summed E-state index contributed by atoms with van der Waals surface area (Å²) in [5.74, 6) is -3.32. The summed E-state index contributed by atoms with van der Waals surface area (Å²) in [7, 11) is 0. The van der Waals surface area contributed by atoms with E-state index in [-0.39, 0.29) is 11.8 Å². The normalized spacial score (nSPS) is 14.2. The van der Waals surface area contributed by atoms with Gasteiger partial charge < -0.3 is 15.5 Å². The first-order valence-corrected chi connectivity index (χ1v) is 5.00. The number of nitrogens with one attached hydrogen (secondary N) is 1. The van der Waals surface area contributed by atoms with Gasteiger partial charge in [-0.05, 0) is 5.92 Å². The van der Waals surface area contributed by atoms with E-state index < -0.39 is 30.3 Å². The summed E-state index contributed by atoms with van der Waals surface area (Å²) < 4.78 is 0. The fourth-order valence-electron chi connectivity index (χ4n) is 0.981. The predicted molar refractivity (Wildman–Crippen MR) is 55.8 cm³/mol. The van der Waals surface area contributed by atoms with Crippen molar-refractivity contribution >= 4 is 17.8 Å². The standard InChI is InChI=1S/C10H17NO5/c1-5(2)6(3)9(14)11-7(10(15)16)4-8(12)13/h5-7H,4H2,1-3H3,(H,11,14)(H,12,13)(H,15,16). The number of rotatable bonds is 6. The smallest absolute Gasteiger partial charge is 0.326 e. The number of carbonyl (C=O) groups excluding carboxylic acids is 1. The maximum absolute atomic E-state index is 11.5. The lowest BCUT2D eigenvalue weighted by molar-refractivity contribution is -0.147. The van der Waals surface area contributed by atoms with Crippen molar-refractivity contribution in [2.45, 2.75) is 33.2 Å². The molecule has 0 saturated carbocycles. The minimum Gasteiger partial charge on any atom is -0.481 e. The van der Waals surface area contributed by atoms with Crippen LogP contribution < -0.4 is 5.32 Å². The van der Waals surface area contributed by atoms with Gasteiger partial charge in [0.05, 0.1) is 6.42 Å². The van der Waals surface area contributed by atoms with E-state index in [9.17, 15) is 14.4 Å². The van der Waals surface area contributed by atoms with Crippen LogP contribution in [0.2, 0.25) is 0 Å². The Bertz CT molecular complexity index is 287. The summed E-state index contributed by atoms with van der Waals surface area (Å²) in [6, 6.07) is -1.37. The summed E-state index contributed by atoms with van der Waals surface area (Å²) in [4.78, 5) is 32.6. The third-order valence-electron chi connectivity index (χ3n) is 2.41. The first kappa shape index (κ1) is 14.4. The lowest BCUT2D eigenvalue weighted by atomic mass is 9.97. The number of carbonyl (C=O) groups is 3. The molecular formula is C10H17NO5. The highest BCUT2D eigenvalue weighted by molar-refractivity contribution is 5.87. The molecule has 0 heterocycles. The van der Waals surface area contributed by atoms with Crippen LogP contribution in [0.25, 0.3) is 0 Å². The maximum atomic E-state index is 11.5. The molecule has 0 aliphatic rings. The molecule has 0 spiro atoms. The van der Waals surface area contributed by atoms with Crippen molar-refractivity contribution in [3.63, 3.8) is 0 Å². The van der Waals surface area contributed by atoms with Crippen molar-refractivity contribution < 1.29 is 24.6 Å². The van der Waals surface area contributed by atoms with E-state index in [1.807, 2.05) is 13.8 Å². The number of carboxylic acid groups (broad SMARTS) is 2. The van der Waals surface area contributed by atoms with Crippen LogP contribution in [0.5, 0.6) is 0 Å². The van der Waals surface area contributed by atoms with E-state index in [4.69, 9.17) is 10.2 Å². The molecule has 2 unspecified atom stereocenters. The van der Waals surface area contributed by atoms with Crippen molar-refractivity contribution in [1.29, 1.82) is 0 Å². The highest BCUT2D eigenvalue weighted by Gasteiger charge is 2.26. The monoisotopic (exact) mass is 231 g/mol. The van der Waals surface area contributed by atoms with Gasteiger partial charge in [-0.2, -0.15) is 0 Å². The van der Waals surface area contributed by atoms with Crippen molar-refractivity contribution in [1.82, 2.24) is 5.32 Å². The second-order valence-corrected chi connectivity index (χ2v) is 4.03. The molecule has 0 saturated heterocycles. The summed E-state index contributed by atoms with van der Waals surface area (Å²) in [6.45, 7) is 5.33. The summed E-state index contributed by atoms with van der Waals surface area (Å²) >= 11 is 0. The Balaban J connectivity index is 4.46. The van der Waals surface area contributed by atoms with E-state index >= 15 is 0 Å². The zero-order chi connectivity index (χ0) is 12.9. The molecule has 92 valence electrons. The Hall–Kier alpha value is -1.59. The zero-order valence-corrected chi connectivity index (χ0v) is 9.56. The number of amides is 1. The van der Waals surface area contributed by atoms with Gasteiger partial charge in [-0.15, -0.1) is 0 Å². The summed E-state index contributed by atoms with van der Waals surface area (Å²) in [5, 5.41) is 19.4. The van der Waals surface area contributed by atoms with Crippen LogP contribution in [0.3, 0.4) is 0 Å². The Morgan fingerprint density at radius 2 is 1.62 bits per heavy atom. The lowest BCUT2D eigenvalue weighted by Gasteiger charge is -2.18. The van der Waals surface area contributed by atoms with Crippen LogP contribution in [0.4, 0.5) is 0 Å². The van der Waals surface area contributed by atoms with Crippen LogP contribution >= 0.6 is 0 Å². The molecule has 2 atom stereocenters. The highest BCUT2D eigenvalue weighted by Crippen LogP contribution is 2.10. The average Bonchev–Trinajstić information content (AvgIpc) is 2.14. The Morgan fingerprint density at radius 3 is 1.94 bits per heavy atom. The maximum Gasteiger partial charge on any atom is 0.326 e. The third kappa shape index (κ3) is 4.77. The van der Waals surface area contributed by atoms with Crippen LogP contribution in [0.15, 0.2) is 0 Å². The first-order valence-electron chi connectivity index (χ1n) is 5.00. The van der Waals surface area contributed by atoms with E-state index in [2.05, 4.69) is 5.32 Å². The van der Waals surface area contributed by atoms with Gasteiger partial charge in [0.15, 0.2) is 0 Å². The van der Waals surface area contributed by atoms with Crippen LogP contribution in [-0.4, -0.2) is 34.1 Å². The molecule has 0 aromatic rings. The van der Waals surface area contributed by atoms with Gasteiger partial charge in [-0.1, -0.05) is 20.8 Å². The third-order valence-corrected chi connectivity index (χ3v) is 2.41. The minimum absolute atomic E-state index is 0.0688. The molecule has 6 nitrogen and oxygen atoms in total. The molecular weight excluding hydrogens is 214 g/mol. The van der Waals surface area contributed by atoms with Gasteiger partial charge in [0, 0.05) is 5.92 Å². The molecule has 0 fully saturated rings. The molecule has 6 heteroatoms. The molecule has 0 aromatic carbocycles. The average molecular weight is 231 g/mol. The van der Waals surface area contributed by atoms with Gasteiger partial charge in [-0.3, -0.25) is 9.59 Å². The predicted octanol–water partition coefficient (Wildman–Crippen LogP) is 0.323. The van der Waals surface area contributed by atoms with Crippen LogP contribution in [0, 0.1) is 11.8 Å². The molecule has 16 heavy (non-hydrogen) atoms. The molecule has 0 aromatic heterocycles. The van der Waals surface area contributed by atoms with Crippen molar-refractivity contribution in [3.05, 3.63) is 0 Å². The number of aliphatic carboxylic acids is 2. The molecule has 0 rings (SSSR count). The quantitative estimate of drug-likeness (QED) is 0.610.